The van der Waals surface area contributed by atoms with Crippen LogP contribution in [0.25, 0.3) is 0 Å². The quantitative estimate of drug-likeness (QED) is 0.631. The number of amides is 1. The van der Waals surface area contributed by atoms with E-state index in [0.717, 1.165) is 0 Å². The van der Waals surface area contributed by atoms with Crippen LogP contribution in [-0.2, 0) is 4.74 Å². The first-order valence-electron chi connectivity index (χ1n) is 4.72. The molecule has 6 heteroatoms. The Morgan fingerprint density at radius 1 is 1.62 bits per heavy atom. The predicted octanol–water partition coefficient (Wildman–Crippen LogP) is -0.476. The standard InChI is InChI=1S/C10H14N2O4/c1-16-6-9(14)5-12-10(15)7-2-8(13)4-11-3-7/h2-4,9,13-14H,5-6H2,1H3,(H,12,15). The summed E-state index contributed by atoms with van der Waals surface area (Å²) >= 11 is 0. The first-order chi connectivity index (χ1) is 7.63. The van der Waals surface area contributed by atoms with Crippen LogP contribution in [0, 0.1) is 0 Å². The Bertz CT molecular complexity index is 356. The smallest absolute Gasteiger partial charge is 0.253 e. The van der Waals surface area contributed by atoms with Crippen LogP contribution in [0.5, 0.6) is 5.75 Å². The maximum Gasteiger partial charge on any atom is 0.253 e. The molecule has 0 spiro atoms. The van der Waals surface area contributed by atoms with Crippen LogP contribution < -0.4 is 5.32 Å². The molecular formula is C10H14N2O4. The summed E-state index contributed by atoms with van der Waals surface area (Å²) in [4.78, 5) is 15.2. The van der Waals surface area contributed by atoms with Crippen molar-refractivity contribution in [2.24, 2.45) is 0 Å². The van der Waals surface area contributed by atoms with Crippen LogP contribution in [0.3, 0.4) is 0 Å². The van der Waals surface area contributed by atoms with Gasteiger partial charge in [0, 0.05) is 19.9 Å². The minimum atomic E-state index is -0.751. The molecule has 0 aliphatic carbocycles. The number of aromatic hydroxyl groups is 1. The van der Waals surface area contributed by atoms with Crippen molar-refractivity contribution in [3.8, 4) is 5.75 Å². The van der Waals surface area contributed by atoms with Crippen LogP contribution in [0.1, 0.15) is 10.4 Å². The van der Waals surface area contributed by atoms with Crippen LogP contribution in [-0.4, -0.2) is 47.5 Å². The molecule has 1 aromatic heterocycles. The molecule has 6 nitrogen and oxygen atoms in total. The van der Waals surface area contributed by atoms with Crippen molar-refractivity contribution in [3.05, 3.63) is 24.0 Å². The van der Waals surface area contributed by atoms with Gasteiger partial charge in [-0.15, -0.1) is 0 Å². The Morgan fingerprint density at radius 3 is 3.00 bits per heavy atom. The summed E-state index contributed by atoms with van der Waals surface area (Å²) in [6.07, 6.45) is 1.81. The molecule has 1 heterocycles. The molecule has 0 aliphatic heterocycles. The monoisotopic (exact) mass is 226 g/mol. The number of nitrogens with zero attached hydrogens (tertiary/aromatic N) is 1. The van der Waals surface area contributed by atoms with E-state index in [9.17, 15) is 9.90 Å². The SMILES string of the molecule is COCC(O)CNC(=O)c1cncc(O)c1. The Labute approximate surface area is 92.9 Å². The third-order valence-corrected chi connectivity index (χ3v) is 1.84. The summed E-state index contributed by atoms with van der Waals surface area (Å²) in [5, 5.41) is 20.9. The van der Waals surface area contributed by atoms with Crippen molar-refractivity contribution in [1.29, 1.82) is 0 Å². The number of pyridine rings is 1. The van der Waals surface area contributed by atoms with E-state index in [1.165, 1.54) is 25.6 Å². The van der Waals surface area contributed by atoms with Crippen molar-refractivity contribution >= 4 is 5.91 Å². The van der Waals surface area contributed by atoms with E-state index in [2.05, 4.69) is 10.3 Å². The largest absolute Gasteiger partial charge is 0.506 e. The number of hydrogen-bond donors (Lipinski definition) is 3. The summed E-state index contributed by atoms with van der Waals surface area (Å²) in [7, 11) is 1.46. The summed E-state index contributed by atoms with van der Waals surface area (Å²) in [5.74, 6) is -0.483. The van der Waals surface area contributed by atoms with Crippen molar-refractivity contribution in [1.82, 2.24) is 10.3 Å². The van der Waals surface area contributed by atoms with Gasteiger partial charge in [0.2, 0.25) is 0 Å². The second kappa shape index (κ2) is 6.04. The summed E-state index contributed by atoms with van der Waals surface area (Å²) in [6.45, 7) is 0.237. The Morgan fingerprint density at radius 2 is 2.38 bits per heavy atom. The van der Waals surface area contributed by atoms with Gasteiger partial charge in [0.25, 0.3) is 5.91 Å². The maximum absolute atomic E-state index is 11.5. The predicted molar refractivity (Wildman–Crippen MR) is 56.1 cm³/mol. The lowest BCUT2D eigenvalue weighted by atomic mass is 10.2. The minimum Gasteiger partial charge on any atom is -0.506 e. The van der Waals surface area contributed by atoms with E-state index < -0.39 is 12.0 Å². The van der Waals surface area contributed by atoms with E-state index in [-0.39, 0.29) is 24.5 Å². The molecule has 0 saturated carbocycles. The fourth-order valence-corrected chi connectivity index (χ4v) is 1.12. The normalized spacial score (nSPS) is 12.1. The molecule has 88 valence electrons. The van der Waals surface area contributed by atoms with Gasteiger partial charge in [-0.1, -0.05) is 0 Å². The molecule has 1 unspecified atom stereocenters. The Balaban J connectivity index is 2.47. The molecule has 0 aromatic carbocycles. The molecule has 3 N–H and O–H groups in total. The van der Waals surface area contributed by atoms with Gasteiger partial charge in [-0.05, 0) is 6.07 Å². The number of aliphatic hydroxyl groups excluding tert-OH is 1. The lowest BCUT2D eigenvalue weighted by Gasteiger charge is -2.10. The van der Waals surface area contributed by atoms with E-state index in [0.29, 0.717) is 0 Å². The topological polar surface area (TPSA) is 91.7 Å². The zero-order valence-electron chi connectivity index (χ0n) is 8.88. The number of hydrogen-bond acceptors (Lipinski definition) is 5. The molecule has 16 heavy (non-hydrogen) atoms. The molecule has 0 fully saturated rings. The fraction of sp³-hybridized carbons (Fsp3) is 0.400. The number of rotatable bonds is 5. The van der Waals surface area contributed by atoms with E-state index in [1.54, 1.807) is 0 Å². The zero-order chi connectivity index (χ0) is 12.0. The average Bonchev–Trinajstić information content (AvgIpc) is 2.26. The number of ether oxygens (including phenoxy) is 1. The van der Waals surface area contributed by atoms with E-state index in [1.807, 2.05) is 0 Å². The lowest BCUT2D eigenvalue weighted by molar-refractivity contribution is 0.0609. The number of carbonyl (C=O) groups is 1. The van der Waals surface area contributed by atoms with Crippen molar-refractivity contribution in [2.45, 2.75) is 6.10 Å². The van der Waals surface area contributed by atoms with E-state index >= 15 is 0 Å². The molecular weight excluding hydrogens is 212 g/mol. The van der Waals surface area contributed by atoms with Crippen LogP contribution >= 0.6 is 0 Å². The lowest BCUT2D eigenvalue weighted by Crippen LogP contribution is -2.34. The molecule has 1 rings (SSSR count). The van der Waals surface area contributed by atoms with Crippen molar-refractivity contribution in [3.63, 3.8) is 0 Å². The minimum absolute atomic E-state index is 0.0786. The number of methoxy groups -OCH3 is 1. The highest BCUT2D eigenvalue weighted by atomic mass is 16.5. The third-order valence-electron chi connectivity index (χ3n) is 1.84. The average molecular weight is 226 g/mol. The highest BCUT2D eigenvalue weighted by Crippen LogP contribution is 2.07. The molecule has 0 aliphatic rings. The Kier molecular flexibility index (Phi) is 4.68. The van der Waals surface area contributed by atoms with Crippen LogP contribution in [0.15, 0.2) is 18.5 Å². The van der Waals surface area contributed by atoms with Crippen molar-refractivity contribution < 1.29 is 19.7 Å². The molecule has 0 radical (unpaired) electrons. The van der Waals surface area contributed by atoms with Gasteiger partial charge in [0.1, 0.15) is 5.75 Å². The fourth-order valence-electron chi connectivity index (χ4n) is 1.12. The van der Waals surface area contributed by atoms with Crippen molar-refractivity contribution in [2.75, 3.05) is 20.3 Å². The molecule has 1 amide bonds. The number of aliphatic hydroxyl groups is 1. The second-order valence-electron chi connectivity index (χ2n) is 3.25. The number of aromatic nitrogens is 1. The van der Waals surface area contributed by atoms with Gasteiger partial charge in [-0.3, -0.25) is 9.78 Å². The van der Waals surface area contributed by atoms with Gasteiger partial charge >= 0.3 is 0 Å². The second-order valence-corrected chi connectivity index (χ2v) is 3.25. The first kappa shape index (κ1) is 12.4. The molecule has 0 saturated heterocycles. The van der Waals surface area contributed by atoms with Gasteiger partial charge < -0.3 is 20.3 Å². The zero-order valence-corrected chi connectivity index (χ0v) is 8.88. The van der Waals surface area contributed by atoms with Crippen LogP contribution in [0.4, 0.5) is 0 Å². The summed E-state index contributed by atoms with van der Waals surface area (Å²) in [5.41, 5.74) is 0.240. The van der Waals surface area contributed by atoms with Gasteiger partial charge in [-0.25, -0.2) is 0 Å². The van der Waals surface area contributed by atoms with E-state index in [4.69, 9.17) is 9.84 Å². The number of carbonyl (C=O) groups excluding carboxylic acids is 1. The van der Waals surface area contributed by atoms with Gasteiger partial charge in [0.05, 0.1) is 24.5 Å². The highest BCUT2D eigenvalue weighted by Gasteiger charge is 2.09. The maximum atomic E-state index is 11.5. The summed E-state index contributed by atoms with van der Waals surface area (Å²) in [6, 6.07) is 1.30. The highest BCUT2D eigenvalue weighted by molar-refractivity contribution is 5.94. The Hall–Kier alpha value is -1.66. The third kappa shape index (κ3) is 3.84. The first-order valence-corrected chi connectivity index (χ1v) is 4.72. The van der Waals surface area contributed by atoms with Gasteiger partial charge in [-0.2, -0.15) is 0 Å². The van der Waals surface area contributed by atoms with Crippen LogP contribution in [0.2, 0.25) is 0 Å². The number of nitrogens with one attached hydrogen (secondary N) is 1. The van der Waals surface area contributed by atoms with Gasteiger partial charge in [0.15, 0.2) is 0 Å². The molecule has 1 atom stereocenters. The molecule has 1 aromatic rings. The summed E-state index contributed by atoms with van der Waals surface area (Å²) < 4.78 is 4.71. The molecule has 0 bridgehead atoms.